The minimum Gasteiger partial charge on any atom is -0.491 e. The number of nitrogens with one attached hydrogen (secondary N) is 1. The van der Waals surface area contributed by atoms with Gasteiger partial charge in [-0.25, -0.2) is 0 Å². The molecule has 2 aliphatic heterocycles. The van der Waals surface area contributed by atoms with E-state index >= 15 is 0 Å². The van der Waals surface area contributed by atoms with Crippen LogP contribution in [0.4, 0.5) is 5.69 Å². The molecule has 1 saturated heterocycles. The van der Waals surface area contributed by atoms with Crippen LogP contribution in [0.5, 0.6) is 5.75 Å². The van der Waals surface area contributed by atoms with E-state index in [2.05, 4.69) is 40.4 Å². The van der Waals surface area contributed by atoms with Crippen molar-refractivity contribution < 1.29 is 14.3 Å². The summed E-state index contributed by atoms with van der Waals surface area (Å²) in [5.74, 6) is 0.719. The van der Waals surface area contributed by atoms with Crippen LogP contribution in [0.15, 0.2) is 42.5 Å². The van der Waals surface area contributed by atoms with Gasteiger partial charge in [0.2, 0.25) is 0 Å². The van der Waals surface area contributed by atoms with Crippen molar-refractivity contribution in [1.29, 1.82) is 0 Å². The van der Waals surface area contributed by atoms with Crippen LogP contribution >= 0.6 is 0 Å². The topological polar surface area (TPSA) is 54.0 Å². The minimum absolute atomic E-state index is 0.0600. The molecule has 6 heteroatoms. The van der Waals surface area contributed by atoms with Crippen LogP contribution in [-0.2, 0) is 11.2 Å². The Labute approximate surface area is 185 Å². The summed E-state index contributed by atoms with van der Waals surface area (Å²) >= 11 is 0. The summed E-state index contributed by atoms with van der Waals surface area (Å²) < 4.78 is 11.2. The number of benzene rings is 2. The maximum Gasteiger partial charge on any atom is 0.251 e. The summed E-state index contributed by atoms with van der Waals surface area (Å²) in [7, 11) is 2.14. The second-order valence-corrected chi connectivity index (χ2v) is 8.62. The van der Waals surface area contributed by atoms with E-state index in [1.165, 1.54) is 16.8 Å². The van der Waals surface area contributed by atoms with Gasteiger partial charge >= 0.3 is 0 Å². The van der Waals surface area contributed by atoms with E-state index in [1.807, 2.05) is 38.1 Å². The molecule has 2 aliphatic rings. The van der Waals surface area contributed by atoms with Crippen molar-refractivity contribution >= 4 is 11.6 Å². The second kappa shape index (κ2) is 9.71. The van der Waals surface area contributed by atoms with Crippen LogP contribution in [0, 0.1) is 0 Å². The maximum absolute atomic E-state index is 12.8. The van der Waals surface area contributed by atoms with Gasteiger partial charge in [-0.1, -0.05) is 12.1 Å². The van der Waals surface area contributed by atoms with Gasteiger partial charge in [-0.05, 0) is 61.7 Å². The highest BCUT2D eigenvalue weighted by atomic mass is 16.5. The molecule has 1 fully saturated rings. The van der Waals surface area contributed by atoms with Crippen molar-refractivity contribution in [2.75, 3.05) is 51.3 Å². The average molecular weight is 424 g/mol. The first-order chi connectivity index (χ1) is 15.0. The van der Waals surface area contributed by atoms with Crippen molar-refractivity contribution in [3.8, 4) is 5.75 Å². The van der Waals surface area contributed by atoms with Gasteiger partial charge in [0, 0.05) is 44.5 Å². The summed E-state index contributed by atoms with van der Waals surface area (Å²) in [6.45, 7) is 8.82. The maximum atomic E-state index is 12.8. The molecule has 2 heterocycles. The van der Waals surface area contributed by atoms with Gasteiger partial charge in [-0.3, -0.25) is 9.69 Å². The molecule has 31 heavy (non-hydrogen) atoms. The summed E-state index contributed by atoms with van der Waals surface area (Å²) in [6.07, 6.45) is 1.19. The summed E-state index contributed by atoms with van der Waals surface area (Å²) in [5, 5.41) is 3.16. The largest absolute Gasteiger partial charge is 0.491 e. The number of fused-ring (bicyclic) bond motifs is 1. The minimum atomic E-state index is -0.0600. The molecular formula is C25H33N3O3. The molecule has 0 spiro atoms. The van der Waals surface area contributed by atoms with E-state index in [0.717, 1.165) is 45.0 Å². The van der Waals surface area contributed by atoms with Gasteiger partial charge in [0.05, 0.1) is 25.4 Å². The Hall–Kier alpha value is -2.57. The van der Waals surface area contributed by atoms with Gasteiger partial charge in [0.1, 0.15) is 5.75 Å². The molecule has 2 aromatic rings. The molecule has 0 bridgehead atoms. The van der Waals surface area contributed by atoms with E-state index in [4.69, 9.17) is 9.47 Å². The number of likely N-dealkylation sites (N-methyl/N-ethyl adjacent to an activating group) is 1. The molecular weight excluding hydrogens is 390 g/mol. The van der Waals surface area contributed by atoms with Gasteiger partial charge in [-0.15, -0.1) is 0 Å². The van der Waals surface area contributed by atoms with Gasteiger partial charge in [0.25, 0.3) is 5.91 Å². The van der Waals surface area contributed by atoms with Crippen LogP contribution in [-0.4, -0.2) is 63.4 Å². The van der Waals surface area contributed by atoms with Crippen molar-refractivity contribution in [1.82, 2.24) is 10.2 Å². The third-order valence-corrected chi connectivity index (χ3v) is 6.05. The first-order valence-corrected chi connectivity index (χ1v) is 11.2. The third kappa shape index (κ3) is 5.20. The number of hydrogen-bond donors (Lipinski definition) is 1. The lowest BCUT2D eigenvalue weighted by Crippen LogP contribution is -2.43. The molecule has 0 saturated carbocycles. The highest BCUT2D eigenvalue weighted by Gasteiger charge is 2.25. The number of ether oxygens (including phenoxy) is 2. The Kier molecular flexibility index (Phi) is 6.78. The first kappa shape index (κ1) is 21.7. The zero-order valence-corrected chi connectivity index (χ0v) is 18.8. The molecule has 166 valence electrons. The van der Waals surface area contributed by atoms with E-state index in [-0.39, 0.29) is 18.1 Å². The van der Waals surface area contributed by atoms with Crippen molar-refractivity contribution in [2.45, 2.75) is 32.4 Å². The fourth-order valence-electron chi connectivity index (χ4n) is 4.39. The lowest BCUT2D eigenvalue weighted by Gasteiger charge is -2.35. The van der Waals surface area contributed by atoms with Crippen molar-refractivity contribution in [3.05, 3.63) is 59.2 Å². The predicted octanol–water partition coefficient (Wildman–Crippen LogP) is 3.27. The van der Waals surface area contributed by atoms with Crippen molar-refractivity contribution in [2.24, 2.45) is 0 Å². The number of anilines is 1. The number of nitrogens with zero attached hydrogens (tertiary/aromatic N) is 2. The highest BCUT2D eigenvalue weighted by Crippen LogP contribution is 2.31. The Morgan fingerprint density at radius 1 is 1.10 bits per heavy atom. The normalized spacial score (nSPS) is 17.5. The van der Waals surface area contributed by atoms with Crippen LogP contribution in [0.1, 0.15) is 41.4 Å². The number of hydrogen-bond acceptors (Lipinski definition) is 5. The zero-order chi connectivity index (χ0) is 21.8. The van der Waals surface area contributed by atoms with Crippen LogP contribution in [0.25, 0.3) is 0 Å². The van der Waals surface area contributed by atoms with E-state index in [9.17, 15) is 4.79 Å². The third-order valence-electron chi connectivity index (χ3n) is 6.05. The molecule has 0 radical (unpaired) electrons. The standard InChI is InChI=1S/C25H33N3O3/c1-18(2)31-22-7-4-19(5-8-22)25(29)26-17-24(28-12-14-30-15-13-28)20-6-9-23-21(16-20)10-11-27(23)3/h4-9,16,18,24H,10-15,17H2,1-3H3,(H,26,29)/t24-/m1/s1. The number of amides is 1. The average Bonchev–Trinajstić information content (AvgIpc) is 3.15. The van der Waals surface area contributed by atoms with Gasteiger partial charge in [-0.2, -0.15) is 0 Å². The highest BCUT2D eigenvalue weighted by molar-refractivity contribution is 5.94. The number of carbonyl (C=O) groups is 1. The molecule has 0 aliphatic carbocycles. The zero-order valence-electron chi connectivity index (χ0n) is 18.8. The van der Waals surface area contributed by atoms with E-state index in [1.54, 1.807) is 0 Å². The van der Waals surface area contributed by atoms with Gasteiger partial charge in [0.15, 0.2) is 0 Å². The van der Waals surface area contributed by atoms with Crippen LogP contribution in [0.2, 0.25) is 0 Å². The SMILES string of the molecule is CC(C)Oc1ccc(C(=O)NC[C@H](c2ccc3c(c2)CCN3C)N2CCOCC2)cc1. The first-order valence-electron chi connectivity index (χ1n) is 11.2. The Balaban J connectivity index is 1.47. The van der Waals surface area contributed by atoms with Gasteiger partial charge < -0.3 is 19.7 Å². The molecule has 1 N–H and O–H groups in total. The predicted molar refractivity (Wildman–Crippen MR) is 123 cm³/mol. The monoisotopic (exact) mass is 423 g/mol. The molecule has 4 rings (SSSR count). The quantitative estimate of drug-likeness (QED) is 0.741. The molecule has 0 aromatic heterocycles. The summed E-state index contributed by atoms with van der Waals surface area (Å²) in [4.78, 5) is 17.5. The molecule has 1 atom stereocenters. The van der Waals surface area contributed by atoms with E-state index < -0.39 is 0 Å². The number of morpholine rings is 1. The summed E-state index contributed by atoms with van der Waals surface area (Å²) in [5.41, 5.74) is 4.62. The van der Waals surface area contributed by atoms with Crippen LogP contribution < -0.4 is 15.0 Å². The smallest absolute Gasteiger partial charge is 0.251 e. The Morgan fingerprint density at radius 2 is 1.84 bits per heavy atom. The molecule has 1 amide bonds. The van der Waals surface area contributed by atoms with Crippen molar-refractivity contribution in [3.63, 3.8) is 0 Å². The van der Waals surface area contributed by atoms with Crippen LogP contribution in [0.3, 0.4) is 0 Å². The Bertz CT molecular complexity index is 891. The number of rotatable bonds is 7. The molecule has 0 unspecified atom stereocenters. The molecule has 6 nitrogen and oxygen atoms in total. The second-order valence-electron chi connectivity index (χ2n) is 8.62. The fraction of sp³-hybridized carbons (Fsp3) is 0.480. The fourth-order valence-corrected chi connectivity index (χ4v) is 4.39. The lowest BCUT2D eigenvalue weighted by atomic mass is 10.00. The van der Waals surface area contributed by atoms with E-state index in [0.29, 0.717) is 12.1 Å². The molecule has 2 aromatic carbocycles. The summed E-state index contributed by atoms with van der Waals surface area (Å²) in [6, 6.07) is 14.2. The number of carbonyl (C=O) groups excluding carboxylic acids is 1. The Morgan fingerprint density at radius 3 is 2.55 bits per heavy atom. The lowest BCUT2D eigenvalue weighted by molar-refractivity contribution is 0.0162.